The summed E-state index contributed by atoms with van der Waals surface area (Å²) in [6.45, 7) is 5.58. The molecule has 1 aromatic rings. The van der Waals surface area contributed by atoms with Crippen molar-refractivity contribution in [2.75, 3.05) is 6.54 Å². The number of hydrogen-bond donors (Lipinski definition) is 3. The highest BCUT2D eigenvalue weighted by Gasteiger charge is 2.39. The van der Waals surface area contributed by atoms with Gasteiger partial charge in [0.15, 0.2) is 0 Å². The molecule has 1 heterocycles. The molecule has 1 aliphatic heterocycles. The van der Waals surface area contributed by atoms with Crippen molar-refractivity contribution in [2.24, 2.45) is 0 Å². The van der Waals surface area contributed by atoms with Gasteiger partial charge in [0, 0.05) is 30.1 Å². The molecule has 1 aromatic carbocycles. The van der Waals surface area contributed by atoms with Crippen LogP contribution in [-0.2, 0) is 16.1 Å². The first-order valence-electron chi connectivity index (χ1n) is 8.52. The van der Waals surface area contributed by atoms with Crippen LogP contribution < -0.4 is 5.32 Å². The Morgan fingerprint density at radius 2 is 2.04 bits per heavy atom. The zero-order valence-corrected chi connectivity index (χ0v) is 15.8. The molecular formula is C20H23ClN2O4. The van der Waals surface area contributed by atoms with Crippen molar-refractivity contribution < 1.29 is 19.8 Å². The second kappa shape index (κ2) is 9.39. The molecule has 0 bridgehead atoms. The molecule has 144 valence electrons. The molecule has 1 aliphatic rings. The molecule has 0 aliphatic carbocycles. The van der Waals surface area contributed by atoms with E-state index >= 15 is 0 Å². The van der Waals surface area contributed by atoms with Gasteiger partial charge in [-0.05, 0) is 36.8 Å². The number of benzene rings is 1. The molecule has 0 aromatic heterocycles. The average Bonchev–Trinajstić information content (AvgIpc) is 3.01. The maximum Gasteiger partial charge on any atom is 0.254 e. The smallest absolute Gasteiger partial charge is 0.254 e. The zero-order chi connectivity index (χ0) is 20.0. The van der Waals surface area contributed by atoms with E-state index in [0.29, 0.717) is 11.6 Å². The summed E-state index contributed by atoms with van der Waals surface area (Å²) in [7, 11) is 0. The lowest BCUT2D eigenvalue weighted by atomic mass is 10.1. The number of amides is 2. The minimum Gasteiger partial charge on any atom is -0.513 e. The minimum atomic E-state index is -0.767. The summed E-state index contributed by atoms with van der Waals surface area (Å²) in [4.78, 5) is 26.4. The van der Waals surface area contributed by atoms with Crippen LogP contribution in [0.2, 0.25) is 5.02 Å². The lowest BCUT2D eigenvalue weighted by Crippen LogP contribution is -2.46. The highest BCUT2D eigenvalue weighted by molar-refractivity contribution is 6.30. The fourth-order valence-corrected chi connectivity index (χ4v) is 2.88. The predicted octanol–water partition coefficient (Wildman–Crippen LogP) is 2.49. The van der Waals surface area contributed by atoms with Crippen LogP contribution in [0.5, 0.6) is 0 Å². The lowest BCUT2D eigenvalue weighted by molar-refractivity contribution is -0.135. The third-order valence-corrected chi connectivity index (χ3v) is 4.38. The van der Waals surface area contributed by atoms with Crippen molar-refractivity contribution in [2.45, 2.75) is 32.0 Å². The lowest BCUT2D eigenvalue weighted by Gasteiger charge is -2.23. The number of hydrogen-bond acceptors (Lipinski definition) is 4. The van der Waals surface area contributed by atoms with Crippen LogP contribution >= 0.6 is 11.6 Å². The number of allylic oxidation sites excluding steroid dienone is 3. The molecule has 2 rings (SSSR count). The summed E-state index contributed by atoms with van der Waals surface area (Å²) >= 11 is 5.84. The summed E-state index contributed by atoms with van der Waals surface area (Å²) in [5.74, 6) is -0.668. The second-order valence-corrected chi connectivity index (χ2v) is 6.84. The molecule has 0 radical (unpaired) electrons. The maximum absolute atomic E-state index is 12.6. The van der Waals surface area contributed by atoms with E-state index in [4.69, 9.17) is 16.7 Å². The van der Waals surface area contributed by atoms with Gasteiger partial charge in [-0.25, -0.2) is 0 Å². The third kappa shape index (κ3) is 5.98. The molecule has 0 spiro atoms. The predicted molar refractivity (Wildman–Crippen MR) is 104 cm³/mol. The molecule has 7 heteroatoms. The molecule has 0 saturated carbocycles. The number of carbonyl (C=O) groups is 2. The normalized spacial score (nSPS) is 20.1. The molecular weight excluding hydrogens is 368 g/mol. The highest BCUT2D eigenvalue weighted by Crippen LogP contribution is 2.21. The fourth-order valence-electron chi connectivity index (χ4n) is 2.76. The summed E-state index contributed by atoms with van der Waals surface area (Å²) in [6.07, 6.45) is 3.78. The van der Waals surface area contributed by atoms with Crippen molar-refractivity contribution in [3.8, 4) is 0 Å². The van der Waals surface area contributed by atoms with E-state index in [1.165, 1.54) is 30.1 Å². The van der Waals surface area contributed by atoms with Crippen LogP contribution in [-0.4, -0.2) is 45.6 Å². The molecule has 27 heavy (non-hydrogen) atoms. The van der Waals surface area contributed by atoms with E-state index in [2.05, 4.69) is 11.9 Å². The van der Waals surface area contributed by atoms with Gasteiger partial charge in [0.05, 0.1) is 11.9 Å². The van der Waals surface area contributed by atoms with Gasteiger partial charge < -0.3 is 20.4 Å². The molecule has 3 N–H and O–H groups in total. The monoisotopic (exact) mass is 390 g/mol. The number of carbonyl (C=O) groups excluding carboxylic acids is 2. The van der Waals surface area contributed by atoms with Crippen LogP contribution in [0.3, 0.4) is 0 Å². The Kier molecular flexibility index (Phi) is 7.21. The second-order valence-electron chi connectivity index (χ2n) is 6.40. The zero-order valence-electron chi connectivity index (χ0n) is 15.1. The Balaban J connectivity index is 2.01. The number of nitrogens with zero attached hydrogens (tertiary/aromatic N) is 1. The SMILES string of the molecule is C=C(/C=C\C=C(/C)O)C(=O)N1C[C@H](O)C[C@H]1C(=O)NCc1ccc(Cl)cc1. The Morgan fingerprint density at radius 1 is 1.37 bits per heavy atom. The minimum absolute atomic E-state index is 0.0690. The average molecular weight is 391 g/mol. The molecule has 0 unspecified atom stereocenters. The molecule has 6 nitrogen and oxygen atoms in total. The van der Waals surface area contributed by atoms with E-state index in [0.717, 1.165) is 5.56 Å². The number of halogens is 1. The number of rotatable bonds is 6. The standard InChI is InChI=1S/C20H23ClN2O4/c1-13(4-3-5-14(2)24)20(27)23-12-17(25)10-18(23)19(26)22-11-15-6-8-16(21)9-7-15/h3-9,17-18,24-25H,1,10-12H2,2H3,(H,22,26)/b4-3-,14-5+/t17-,18+/m1/s1. The Labute approximate surface area is 163 Å². The molecule has 1 saturated heterocycles. The molecule has 2 atom stereocenters. The Hall–Kier alpha value is -2.57. The Bertz CT molecular complexity index is 767. The van der Waals surface area contributed by atoms with Gasteiger partial charge in [-0.2, -0.15) is 0 Å². The van der Waals surface area contributed by atoms with Crippen molar-refractivity contribution in [1.82, 2.24) is 10.2 Å². The van der Waals surface area contributed by atoms with Gasteiger partial charge in [-0.3, -0.25) is 9.59 Å². The number of likely N-dealkylation sites (tertiary alicyclic amines) is 1. The van der Waals surface area contributed by atoms with E-state index in [1.807, 2.05) is 0 Å². The summed E-state index contributed by atoms with van der Waals surface area (Å²) in [6, 6.07) is 6.31. The van der Waals surface area contributed by atoms with Crippen molar-refractivity contribution in [1.29, 1.82) is 0 Å². The van der Waals surface area contributed by atoms with Crippen LogP contribution in [0.4, 0.5) is 0 Å². The van der Waals surface area contributed by atoms with E-state index in [-0.39, 0.29) is 30.2 Å². The van der Waals surface area contributed by atoms with Gasteiger partial charge in [0.2, 0.25) is 5.91 Å². The third-order valence-electron chi connectivity index (χ3n) is 4.13. The van der Waals surface area contributed by atoms with Crippen molar-refractivity contribution in [3.05, 3.63) is 71.0 Å². The first-order chi connectivity index (χ1) is 12.8. The quantitative estimate of drug-likeness (QED) is 0.395. The van der Waals surface area contributed by atoms with Gasteiger partial charge in [-0.1, -0.05) is 36.4 Å². The van der Waals surface area contributed by atoms with Gasteiger partial charge in [0.1, 0.15) is 6.04 Å². The van der Waals surface area contributed by atoms with Crippen molar-refractivity contribution in [3.63, 3.8) is 0 Å². The van der Waals surface area contributed by atoms with Gasteiger partial charge >= 0.3 is 0 Å². The Morgan fingerprint density at radius 3 is 2.67 bits per heavy atom. The van der Waals surface area contributed by atoms with Gasteiger partial charge in [0.25, 0.3) is 5.91 Å². The highest BCUT2D eigenvalue weighted by atomic mass is 35.5. The van der Waals surface area contributed by atoms with Crippen molar-refractivity contribution >= 4 is 23.4 Å². The van der Waals surface area contributed by atoms with E-state index in [1.54, 1.807) is 24.3 Å². The number of aliphatic hydroxyl groups is 2. The number of nitrogens with one attached hydrogen (secondary N) is 1. The van der Waals surface area contributed by atoms with Crippen LogP contribution in [0.15, 0.2) is 60.4 Å². The molecule has 2 amide bonds. The first-order valence-corrected chi connectivity index (χ1v) is 8.89. The summed E-state index contributed by atoms with van der Waals surface area (Å²) < 4.78 is 0. The largest absolute Gasteiger partial charge is 0.513 e. The topological polar surface area (TPSA) is 89.9 Å². The fraction of sp³-hybridized carbons (Fsp3) is 0.300. The maximum atomic E-state index is 12.6. The van der Waals surface area contributed by atoms with Crippen LogP contribution in [0.1, 0.15) is 18.9 Å². The van der Waals surface area contributed by atoms with E-state index in [9.17, 15) is 14.7 Å². The number of aliphatic hydroxyl groups excluding tert-OH is 2. The van der Waals surface area contributed by atoms with E-state index < -0.39 is 18.1 Å². The number of β-amino-alcohol motifs (C(OH)–C–C–N with tert-alkyl or cyclic N) is 1. The first kappa shape index (κ1) is 20.7. The molecule has 1 fully saturated rings. The summed E-state index contributed by atoms with van der Waals surface area (Å²) in [5, 5.41) is 22.5. The van der Waals surface area contributed by atoms with Crippen LogP contribution in [0, 0.1) is 0 Å². The van der Waals surface area contributed by atoms with Crippen LogP contribution in [0.25, 0.3) is 0 Å². The summed E-state index contributed by atoms with van der Waals surface area (Å²) in [5.41, 5.74) is 1.04. The van der Waals surface area contributed by atoms with Gasteiger partial charge in [-0.15, -0.1) is 0 Å².